The van der Waals surface area contributed by atoms with Gasteiger partial charge in [-0.3, -0.25) is 0 Å². The second-order valence-electron chi connectivity index (χ2n) is 6.22. The average molecular weight is 348 g/mol. The largest absolute Gasteiger partial charge is 0.491 e. The van der Waals surface area contributed by atoms with Crippen LogP contribution in [0.15, 0.2) is 60.8 Å². The molecule has 0 radical (unpaired) electrons. The highest BCUT2D eigenvalue weighted by Crippen LogP contribution is 2.22. The zero-order valence-electron chi connectivity index (χ0n) is 15.4. The Morgan fingerprint density at radius 3 is 2.46 bits per heavy atom. The van der Waals surface area contributed by atoms with Crippen LogP contribution in [0.25, 0.3) is 0 Å². The van der Waals surface area contributed by atoms with Crippen LogP contribution in [-0.2, 0) is 6.42 Å². The summed E-state index contributed by atoms with van der Waals surface area (Å²) in [6, 6.07) is 17.9. The molecular formula is C21H24N4O. The molecule has 1 heterocycles. The Balaban J connectivity index is 1.71. The number of anilines is 4. The smallest absolute Gasteiger partial charge is 0.229 e. The molecule has 1 aromatic heterocycles. The first kappa shape index (κ1) is 17.7. The van der Waals surface area contributed by atoms with Crippen molar-refractivity contribution in [1.29, 1.82) is 0 Å². The molecule has 26 heavy (non-hydrogen) atoms. The zero-order valence-corrected chi connectivity index (χ0v) is 15.4. The van der Waals surface area contributed by atoms with Gasteiger partial charge in [0.1, 0.15) is 11.6 Å². The van der Waals surface area contributed by atoms with Gasteiger partial charge < -0.3 is 15.4 Å². The highest BCUT2D eigenvalue weighted by atomic mass is 16.5. The molecule has 0 bridgehead atoms. The van der Waals surface area contributed by atoms with Crippen LogP contribution in [0, 0.1) is 0 Å². The van der Waals surface area contributed by atoms with Crippen molar-refractivity contribution in [2.45, 2.75) is 33.3 Å². The molecular weight excluding hydrogens is 324 g/mol. The van der Waals surface area contributed by atoms with Crippen molar-refractivity contribution in [2.24, 2.45) is 0 Å². The summed E-state index contributed by atoms with van der Waals surface area (Å²) in [5.41, 5.74) is 3.23. The van der Waals surface area contributed by atoms with E-state index in [2.05, 4.69) is 39.7 Å². The molecule has 0 spiro atoms. The minimum absolute atomic E-state index is 0.158. The number of hydrogen-bond acceptors (Lipinski definition) is 5. The van der Waals surface area contributed by atoms with E-state index in [0.717, 1.165) is 29.4 Å². The van der Waals surface area contributed by atoms with Crippen LogP contribution in [0.4, 0.5) is 23.1 Å². The minimum Gasteiger partial charge on any atom is -0.491 e. The van der Waals surface area contributed by atoms with Crippen molar-refractivity contribution in [1.82, 2.24) is 9.97 Å². The molecule has 0 fully saturated rings. The predicted molar refractivity (Wildman–Crippen MR) is 107 cm³/mol. The highest BCUT2D eigenvalue weighted by molar-refractivity contribution is 5.62. The van der Waals surface area contributed by atoms with Crippen molar-refractivity contribution in [3.8, 4) is 5.75 Å². The van der Waals surface area contributed by atoms with Gasteiger partial charge in [-0.25, -0.2) is 4.98 Å². The lowest BCUT2D eigenvalue weighted by Gasteiger charge is -2.12. The summed E-state index contributed by atoms with van der Waals surface area (Å²) >= 11 is 0. The fraction of sp³-hybridized carbons (Fsp3) is 0.238. The van der Waals surface area contributed by atoms with Gasteiger partial charge in [-0.2, -0.15) is 4.98 Å². The first-order valence-electron chi connectivity index (χ1n) is 8.85. The maximum absolute atomic E-state index is 5.66. The van der Waals surface area contributed by atoms with E-state index in [9.17, 15) is 0 Å². The van der Waals surface area contributed by atoms with E-state index in [-0.39, 0.29) is 6.10 Å². The normalized spacial score (nSPS) is 10.6. The van der Waals surface area contributed by atoms with Crippen LogP contribution in [0.3, 0.4) is 0 Å². The Labute approximate surface area is 154 Å². The van der Waals surface area contributed by atoms with Gasteiger partial charge >= 0.3 is 0 Å². The lowest BCUT2D eigenvalue weighted by molar-refractivity contribution is 0.242. The van der Waals surface area contributed by atoms with E-state index in [1.54, 1.807) is 6.20 Å². The molecule has 5 heteroatoms. The van der Waals surface area contributed by atoms with Crippen LogP contribution in [0.1, 0.15) is 26.3 Å². The lowest BCUT2D eigenvalue weighted by atomic mass is 10.1. The Morgan fingerprint density at radius 1 is 0.962 bits per heavy atom. The van der Waals surface area contributed by atoms with Crippen LogP contribution in [-0.4, -0.2) is 16.1 Å². The third kappa shape index (κ3) is 4.72. The first-order valence-corrected chi connectivity index (χ1v) is 8.85. The Bertz CT molecular complexity index is 847. The zero-order chi connectivity index (χ0) is 18.4. The lowest BCUT2D eigenvalue weighted by Crippen LogP contribution is -2.05. The number of benzene rings is 2. The number of nitrogens with one attached hydrogen (secondary N) is 2. The van der Waals surface area contributed by atoms with Gasteiger partial charge in [0, 0.05) is 17.6 Å². The summed E-state index contributed by atoms with van der Waals surface area (Å²) in [5.74, 6) is 2.14. The SMILES string of the molecule is CCc1ccccc1Nc1ccnc(Nc2ccc(OC(C)C)cc2)n1. The molecule has 5 nitrogen and oxygen atoms in total. The van der Waals surface area contributed by atoms with Gasteiger partial charge in [0.05, 0.1) is 6.10 Å². The number of aryl methyl sites for hydroxylation is 1. The number of ether oxygens (including phenoxy) is 1. The molecule has 134 valence electrons. The quantitative estimate of drug-likeness (QED) is 0.606. The Morgan fingerprint density at radius 2 is 1.73 bits per heavy atom. The van der Waals surface area contributed by atoms with Crippen LogP contribution < -0.4 is 15.4 Å². The number of rotatable bonds is 7. The summed E-state index contributed by atoms with van der Waals surface area (Å²) in [5, 5.41) is 6.59. The van der Waals surface area contributed by atoms with Crippen molar-refractivity contribution in [3.05, 3.63) is 66.4 Å². The van der Waals surface area contributed by atoms with Gasteiger partial charge in [0.2, 0.25) is 5.95 Å². The van der Waals surface area contributed by atoms with Gasteiger partial charge in [-0.1, -0.05) is 25.1 Å². The van der Waals surface area contributed by atoms with Crippen molar-refractivity contribution >= 4 is 23.1 Å². The fourth-order valence-electron chi connectivity index (χ4n) is 2.60. The summed E-state index contributed by atoms with van der Waals surface area (Å²) in [7, 11) is 0. The minimum atomic E-state index is 0.158. The molecule has 0 aliphatic heterocycles. The fourth-order valence-corrected chi connectivity index (χ4v) is 2.60. The second-order valence-corrected chi connectivity index (χ2v) is 6.22. The molecule has 2 aromatic carbocycles. The highest BCUT2D eigenvalue weighted by Gasteiger charge is 2.04. The van der Waals surface area contributed by atoms with E-state index in [0.29, 0.717) is 5.95 Å². The molecule has 3 rings (SSSR count). The molecule has 3 aromatic rings. The van der Waals surface area contributed by atoms with Crippen molar-refractivity contribution in [3.63, 3.8) is 0 Å². The molecule has 0 saturated heterocycles. The number of aromatic nitrogens is 2. The van der Waals surface area contributed by atoms with E-state index < -0.39 is 0 Å². The first-order chi connectivity index (χ1) is 12.6. The maximum Gasteiger partial charge on any atom is 0.229 e. The van der Waals surface area contributed by atoms with Gasteiger partial charge in [-0.15, -0.1) is 0 Å². The Kier molecular flexibility index (Phi) is 5.69. The van der Waals surface area contributed by atoms with E-state index in [4.69, 9.17) is 4.74 Å². The van der Waals surface area contributed by atoms with Crippen LogP contribution in [0.2, 0.25) is 0 Å². The predicted octanol–water partition coefficient (Wildman–Crippen LogP) is 5.31. The molecule has 0 saturated carbocycles. The number of hydrogen-bond donors (Lipinski definition) is 2. The summed E-state index contributed by atoms with van der Waals surface area (Å²) in [6.07, 6.45) is 2.86. The maximum atomic E-state index is 5.66. The molecule has 0 aliphatic rings. The summed E-state index contributed by atoms with van der Waals surface area (Å²) < 4.78 is 5.66. The molecule has 0 amide bonds. The van der Waals surface area contributed by atoms with Crippen molar-refractivity contribution < 1.29 is 4.74 Å². The monoisotopic (exact) mass is 348 g/mol. The molecule has 2 N–H and O–H groups in total. The second kappa shape index (κ2) is 8.34. The van der Waals surface area contributed by atoms with Gasteiger partial charge in [0.15, 0.2) is 0 Å². The standard InChI is InChI=1S/C21H24N4O/c1-4-16-7-5-6-8-19(16)24-20-13-14-22-21(25-20)23-17-9-11-18(12-10-17)26-15(2)3/h5-15H,4H2,1-3H3,(H2,22,23,24,25). The van der Waals surface area contributed by atoms with Crippen LogP contribution in [0.5, 0.6) is 5.75 Å². The Hall–Kier alpha value is -3.08. The van der Waals surface area contributed by atoms with E-state index in [1.165, 1.54) is 5.56 Å². The van der Waals surface area contributed by atoms with Crippen LogP contribution >= 0.6 is 0 Å². The van der Waals surface area contributed by atoms with Crippen molar-refractivity contribution in [2.75, 3.05) is 10.6 Å². The summed E-state index contributed by atoms with van der Waals surface area (Å²) in [6.45, 7) is 6.16. The average Bonchev–Trinajstić information content (AvgIpc) is 2.64. The third-order valence-corrected chi connectivity index (χ3v) is 3.80. The number of nitrogens with zero attached hydrogens (tertiary/aromatic N) is 2. The molecule has 0 unspecified atom stereocenters. The summed E-state index contributed by atoms with van der Waals surface area (Å²) in [4.78, 5) is 8.84. The molecule has 0 atom stereocenters. The topological polar surface area (TPSA) is 59.1 Å². The third-order valence-electron chi connectivity index (χ3n) is 3.80. The van der Waals surface area contributed by atoms with Gasteiger partial charge in [-0.05, 0) is 62.2 Å². The van der Waals surface area contributed by atoms with E-state index >= 15 is 0 Å². The van der Waals surface area contributed by atoms with Gasteiger partial charge in [0.25, 0.3) is 0 Å². The molecule has 0 aliphatic carbocycles. The number of para-hydroxylation sites is 1. The van der Waals surface area contributed by atoms with E-state index in [1.807, 2.05) is 56.3 Å².